The molecular weight excluding hydrogens is 300 g/mol. The normalized spacial score (nSPS) is 43.7. The topological polar surface area (TPSA) is 49.7 Å². The lowest BCUT2D eigenvalue weighted by Crippen LogP contribution is -2.52. The first-order chi connectivity index (χ1) is 11.4. The van der Waals surface area contributed by atoms with Gasteiger partial charge in [-0.1, -0.05) is 19.9 Å². The second kappa shape index (κ2) is 5.47. The third kappa shape index (κ3) is 2.10. The SMILES string of the molecule is COc1ccc2c(c1)C[C@](C)(CO)[C@@H]1[C@@H]2CC[C@@]2(C)[C@@H]1CC[C@@H]2O. The van der Waals surface area contributed by atoms with Gasteiger partial charge in [0.15, 0.2) is 0 Å². The van der Waals surface area contributed by atoms with Crippen LogP contribution in [0.25, 0.3) is 0 Å². The second-order valence-corrected chi connectivity index (χ2v) is 8.93. The van der Waals surface area contributed by atoms with Crippen molar-refractivity contribution >= 4 is 0 Å². The molecule has 2 fully saturated rings. The number of rotatable bonds is 2. The van der Waals surface area contributed by atoms with Crippen LogP contribution in [0.3, 0.4) is 0 Å². The molecule has 0 aliphatic heterocycles. The minimum Gasteiger partial charge on any atom is -0.497 e. The fourth-order valence-corrected chi connectivity index (χ4v) is 6.37. The third-order valence-electron chi connectivity index (χ3n) is 7.73. The van der Waals surface area contributed by atoms with Crippen LogP contribution in [0.2, 0.25) is 0 Å². The highest BCUT2D eigenvalue weighted by Crippen LogP contribution is 2.64. The van der Waals surface area contributed by atoms with Crippen molar-refractivity contribution in [3.8, 4) is 5.75 Å². The lowest BCUT2D eigenvalue weighted by molar-refractivity contribution is -0.0782. The lowest BCUT2D eigenvalue weighted by atomic mass is 9.48. The smallest absolute Gasteiger partial charge is 0.119 e. The molecule has 0 saturated heterocycles. The van der Waals surface area contributed by atoms with E-state index in [1.807, 2.05) is 0 Å². The van der Waals surface area contributed by atoms with Gasteiger partial charge < -0.3 is 14.9 Å². The van der Waals surface area contributed by atoms with E-state index in [2.05, 4.69) is 32.0 Å². The number of methoxy groups -OCH3 is 1. The van der Waals surface area contributed by atoms with E-state index in [4.69, 9.17) is 4.74 Å². The first kappa shape index (κ1) is 16.4. The first-order valence-electron chi connectivity index (χ1n) is 9.39. The second-order valence-electron chi connectivity index (χ2n) is 8.93. The Bertz CT molecular complexity index is 642. The van der Waals surface area contributed by atoms with E-state index in [-0.39, 0.29) is 23.5 Å². The fourth-order valence-electron chi connectivity index (χ4n) is 6.37. The molecule has 2 N–H and O–H groups in total. The summed E-state index contributed by atoms with van der Waals surface area (Å²) >= 11 is 0. The van der Waals surface area contributed by atoms with Crippen LogP contribution in [0.1, 0.15) is 56.6 Å². The molecule has 132 valence electrons. The highest BCUT2D eigenvalue weighted by Gasteiger charge is 2.59. The molecule has 2 saturated carbocycles. The molecule has 3 aliphatic rings. The van der Waals surface area contributed by atoms with Crippen molar-refractivity contribution in [3.63, 3.8) is 0 Å². The monoisotopic (exact) mass is 330 g/mol. The van der Waals surface area contributed by atoms with Crippen molar-refractivity contribution < 1.29 is 14.9 Å². The number of hydrogen-bond donors (Lipinski definition) is 2. The van der Waals surface area contributed by atoms with Crippen LogP contribution in [-0.4, -0.2) is 30.0 Å². The summed E-state index contributed by atoms with van der Waals surface area (Å²) in [5.74, 6) is 2.38. The van der Waals surface area contributed by atoms with Crippen LogP contribution in [0.5, 0.6) is 5.75 Å². The maximum Gasteiger partial charge on any atom is 0.119 e. The van der Waals surface area contributed by atoms with E-state index >= 15 is 0 Å². The van der Waals surface area contributed by atoms with Crippen LogP contribution in [0.4, 0.5) is 0 Å². The molecule has 0 aromatic heterocycles. The van der Waals surface area contributed by atoms with Crippen molar-refractivity contribution in [1.82, 2.24) is 0 Å². The summed E-state index contributed by atoms with van der Waals surface area (Å²) in [6.07, 6.45) is 4.95. The van der Waals surface area contributed by atoms with E-state index in [0.29, 0.717) is 17.8 Å². The zero-order chi connectivity index (χ0) is 17.1. The number of aliphatic hydroxyl groups excluding tert-OH is 2. The summed E-state index contributed by atoms with van der Waals surface area (Å²) in [6.45, 7) is 4.75. The van der Waals surface area contributed by atoms with Gasteiger partial charge in [-0.3, -0.25) is 0 Å². The number of ether oxygens (including phenoxy) is 1. The van der Waals surface area contributed by atoms with Gasteiger partial charge in [-0.2, -0.15) is 0 Å². The average molecular weight is 330 g/mol. The minimum absolute atomic E-state index is 0.0293. The van der Waals surface area contributed by atoms with Crippen molar-refractivity contribution in [2.24, 2.45) is 22.7 Å². The quantitative estimate of drug-likeness (QED) is 0.872. The van der Waals surface area contributed by atoms with Gasteiger partial charge >= 0.3 is 0 Å². The molecule has 3 aliphatic carbocycles. The van der Waals surface area contributed by atoms with Gasteiger partial charge in [-0.05, 0) is 83.9 Å². The maximum absolute atomic E-state index is 10.6. The van der Waals surface area contributed by atoms with Gasteiger partial charge in [0.05, 0.1) is 13.2 Å². The average Bonchev–Trinajstić information content (AvgIpc) is 2.89. The summed E-state index contributed by atoms with van der Waals surface area (Å²) in [7, 11) is 1.71. The van der Waals surface area contributed by atoms with Gasteiger partial charge in [-0.15, -0.1) is 0 Å². The number of hydrogen-bond acceptors (Lipinski definition) is 3. The van der Waals surface area contributed by atoms with Gasteiger partial charge in [0.2, 0.25) is 0 Å². The Morgan fingerprint density at radius 2 is 2.00 bits per heavy atom. The minimum atomic E-state index is -0.177. The van der Waals surface area contributed by atoms with Gasteiger partial charge in [0, 0.05) is 6.61 Å². The molecule has 6 atom stereocenters. The molecule has 0 radical (unpaired) electrons. The predicted molar refractivity (Wildman–Crippen MR) is 94.2 cm³/mol. The van der Waals surface area contributed by atoms with Crippen molar-refractivity contribution in [2.45, 2.75) is 58.0 Å². The highest BCUT2D eigenvalue weighted by molar-refractivity contribution is 5.42. The number of fused-ring (bicyclic) bond motifs is 5. The van der Waals surface area contributed by atoms with E-state index < -0.39 is 0 Å². The lowest BCUT2D eigenvalue weighted by Gasteiger charge is -2.56. The van der Waals surface area contributed by atoms with Crippen LogP contribution in [-0.2, 0) is 6.42 Å². The predicted octanol–water partition coefficient (Wildman–Crippen LogP) is 3.52. The summed E-state index contributed by atoms with van der Waals surface area (Å²) in [5.41, 5.74) is 2.71. The molecule has 1 aromatic rings. The molecule has 0 amide bonds. The fraction of sp³-hybridized carbons (Fsp3) is 0.714. The molecule has 0 unspecified atom stereocenters. The summed E-state index contributed by atoms with van der Waals surface area (Å²) in [6, 6.07) is 6.49. The van der Waals surface area contributed by atoms with Crippen LogP contribution in [0.15, 0.2) is 18.2 Å². The molecule has 0 heterocycles. The Labute approximate surface area is 145 Å². The standard InChI is InChI=1S/C21H30O3/c1-20(12-22)11-13-10-14(24-3)4-5-15(13)16-8-9-21(2)17(19(16)20)6-7-18(21)23/h4-5,10,16-19,22-23H,6-9,11-12H2,1-3H3/t16-,17-,18+,19-,20-,21+/m1/s1. The van der Waals surface area contributed by atoms with Gasteiger partial charge in [-0.25, -0.2) is 0 Å². The summed E-state index contributed by atoms with van der Waals surface area (Å²) in [5, 5.41) is 20.9. The largest absolute Gasteiger partial charge is 0.497 e. The molecule has 3 heteroatoms. The molecule has 0 spiro atoms. The Kier molecular flexibility index (Phi) is 3.74. The first-order valence-corrected chi connectivity index (χ1v) is 9.39. The van der Waals surface area contributed by atoms with Crippen molar-refractivity contribution in [1.29, 1.82) is 0 Å². The number of aliphatic hydroxyl groups is 2. The van der Waals surface area contributed by atoms with Gasteiger partial charge in [0.1, 0.15) is 5.75 Å². The Balaban J connectivity index is 1.81. The summed E-state index contributed by atoms with van der Waals surface area (Å²) in [4.78, 5) is 0. The molecule has 24 heavy (non-hydrogen) atoms. The van der Waals surface area contributed by atoms with Crippen molar-refractivity contribution in [3.05, 3.63) is 29.3 Å². The van der Waals surface area contributed by atoms with E-state index in [1.54, 1.807) is 7.11 Å². The van der Waals surface area contributed by atoms with Crippen LogP contribution < -0.4 is 4.74 Å². The molecular formula is C21H30O3. The van der Waals surface area contributed by atoms with Crippen LogP contribution >= 0.6 is 0 Å². The Morgan fingerprint density at radius 1 is 1.21 bits per heavy atom. The van der Waals surface area contributed by atoms with E-state index in [9.17, 15) is 10.2 Å². The van der Waals surface area contributed by atoms with Gasteiger partial charge in [0.25, 0.3) is 0 Å². The van der Waals surface area contributed by atoms with Crippen LogP contribution in [0, 0.1) is 22.7 Å². The zero-order valence-electron chi connectivity index (χ0n) is 15.1. The Hall–Kier alpha value is -1.06. The Morgan fingerprint density at radius 3 is 2.71 bits per heavy atom. The summed E-state index contributed by atoms with van der Waals surface area (Å²) < 4.78 is 5.42. The van der Waals surface area contributed by atoms with E-state index in [0.717, 1.165) is 37.9 Å². The number of benzene rings is 1. The molecule has 1 aromatic carbocycles. The molecule has 0 bridgehead atoms. The van der Waals surface area contributed by atoms with E-state index in [1.165, 1.54) is 11.1 Å². The van der Waals surface area contributed by atoms with Crippen molar-refractivity contribution in [2.75, 3.05) is 13.7 Å². The highest BCUT2D eigenvalue weighted by atomic mass is 16.5. The zero-order valence-corrected chi connectivity index (χ0v) is 15.1. The third-order valence-corrected chi connectivity index (χ3v) is 7.73. The molecule has 4 rings (SSSR count). The molecule has 3 nitrogen and oxygen atoms in total. The maximum atomic E-state index is 10.6.